The van der Waals surface area contributed by atoms with Crippen molar-refractivity contribution in [3.8, 4) is 0 Å². The van der Waals surface area contributed by atoms with Crippen molar-refractivity contribution in [1.82, 2.24) is 15.8 Å². The lowest BCUT2D eigenvalue weighted by Crippen LogP contribution is -2.41. The Labute approximate surface area is 168 Å². The summed E-state index contributed by atoms with van der Waals surface area (Å²) >= 11 is 0. The monoisotopic (exact) mass is 410 g/mol. The molecule has 0 atom stereocenters. The van der Waals surface area contributed by atoms with E-state index in [4.69, 9.17) is 0 Å². The average molecular weight is 410 g/mol. The fourth-order valence-corrected chi connectivity index (χ4v) is 3.43. The highest BCUT2D eigenvalue weighted by atomic mass is 32.2. The summed E-state index contributed by atoms with van der Waals surface area (Å²) in [5.74, 6) is -1.16. The number of hydrogen-bond acceptors (Lipinski definition) is 5. The second-order valence-electron chi connectivity index (χ2n) is 6.12. The molecule has 0 spiro atoms. The molecule has 3 aromatic rings. The first-order valence-electron chi connectivity index (χ1n) is 8.56. The minimum atomic E-state index is -3.79. The number of sulfonamides is 1. The molecule has 0 saturated carbocycles. The molecule has 2 amide bonds. The fraction of sp³-hybridized carbons (Fsp3) is 0.0500. The molecule has 1 aromatic heterocycles. The maximum absolute atomic E-state index is 12.5. The first-order chi connectivity index (χ1) is 13.8. The van der Waals surface area contributed by atoms with Crippen molar-refractivity contribution < 1.29 is 18.0 Å². The summed E-state index contributed by atoms with van der Waals surface area (Å²) < 4.78 is 27.4. The number of benzene rings is 2. The maximum Gasteiger partial charge on any atom is 0.288 e. The first kappa shape index (κ1) is 20.0. The molecule has 2 aromatic carbocycles. The second-order valence-corrected chi connectivity index (χ2v) is 7.80. The summed E-state index contributed by atoms with van der Waals surface area (Å²) in [5, 5.41) is 0. The predicted octanol–water partition coefficient (Wildman–Crippen LogP) is 2.27. The van der Waals surface area contributed by atoms with Gasteiger partial charge in [-0.2, -0.15) is 0 Å². The van der Waals surface area contributed by atoms with Crippen LogP contribution in [0.3, 0.4) is 0 Å². The van der Waals surface area contributed by atoms with Crippen LogP contribution in [0.2, 0.25) is 0 Å². The van der Waals surface area contributed by atoms with Gasteiger partial charge in [0.15, 0.2) is 0 Å². The molecule has 1 heterocycles. The number of carbonyl (C=O) groups excluding carboxylic acids is 2. The molecular weight excluding hydrogens is 392 g/mol. The predicted molar refractivity (Wildman–Crippen MR) is 108 cm³/mol. The smallest absolute Gasteiger partial charge is 0.280 e. The summed E-state index contributed by atoms with van der Waals surface area (Å²) in [6, 6.07) is 17.1. The van der Waals surface area contributed by atoms with E-state index in [-0.39, 0.29) is 16.2 Å². The summed E-state index contributed by atoms with van der Waals surface area (Å²) in [7, 11) is -3.79. The number of amides is 2. The maximum atomic E-state index is 12.5. The van der Waals surface area contributed by atoms with E-state index in [0.29, 0.717) is 5.69 Å². The van der Waals surface area contributed by atoms with Crippen LogP contribution in [0.1, 0.15) is 26.4 Å². The highest BCUT2D eigenvalue weighted by Gasteiger charge is 2.16. The standard InChI is InChI=1S/C20H18N4O4S/c1-14-5-9-16(10-6-14)24-29(27,28)17-11-7-15(8-12-17)19(25)22-23-20(26)18-4-2-3-13-21-18/h2-13,24H,1H3,(H,22,25)(H,23,26). The molecule has 3 N–H and O–H groups in total. The third kappa shape index (κ3) is 5.17. The van der Waals surface area contributed by atoms with Gasteiger partial charge in [-0.25, -0.2) is 8.42 Å². The van der Waals surface area contributed by atoms with E-state index in [1.807, 2.05) is 6.92 Å². The zero-order chi connectivity index (χ0) is 20.9. The van der Waals surface area contributed by atoms with Crippen molar-refractivity contribution in [3.63, 3.8) is 0 Å². The van der Waals surface area contributed by atoms with Gasteiger partial charge in [0.05, 0.1) is 4.90 Å². The van der Waals surface area contributed by atoms with Gasteiger partial charge in [0.2, 0.25) is 0 Å². The van der Waals surface area contributed by atoms with Gasteiger partial charge in [-0.1, -0.05) is 23.8 Å². The molecular formula is C20H18N4O4S. The first-order valence-corrected chi connectivity index (χ1v) is 10.0. The molecule has 0 bridgehead atoms. The van der Waals surface area contributed by atoms with E-state index >= 15 is 0 Å². The minimum Gasteiger partial charge on any atom is -0.280 e. The second kappa shape index (κ2) is 8.53. The Hall–Kier alpha value is -3.72. The van der Waals surface area contributed by atoms with Crippen LogP contribution in [-0.4, -0.2) is 25.2 Å². The molecule has 0 saturated heterocycles. The molecule has 0 aliphatic carbocycles. The summed E-state index contributed by atoms with van der Waals surface area (Å²) in [6.07, 6.45) is 1.46. The lowest BCUT2D eigenvalue weighted by Gasteiger charge is -2.10. The highest BCUT2D eigenvalue weighted by Crippen LogP contribution is 2.17. The molecule has 0 aliphatic rings. The molecule has 0 fully saturated rings. The van der Waals surface area contributed by atoms with Gasteiger partial charge in [-0.15, -0.1) is 0 Å². The SMILES string of the molecule is Cc1ccc(NS(=O)(=O)c2ccc(C(=O)NNC(=O)c3ccccn3)cc2)cc1. The summed E-state index contributed by atoms with van der Waals surface area (Å²) in [6.45, 7) is 1.90. The van der Waals surface area contributed by atoms with E-state index < -0.39 is 21.8 Å². The number of pyridine rings is 1. The molecule has 29 heavy (non-hydrogen) atoms. The van der Waals surface area contributed by atoms with Crippen molar-refractivity contribution in [3.05, 3.63) is 89.7 Å². The van der Waals surface area contributed by atoms with Crippen molar-refractivity contribution >= 4 is 27.5 Å². The molecule has 3 rings (SSSR count). The molecule has 148 valence electrons. The van der Waals surface area contributed by atoms with Crippen LogP contribution < -0.4 is 15.6 Å². The van der Waals surface area contributed by atoms with E-state index in [1.54, 1.807) is 36.4 Å². The highest BCUT2D eigenvalue weighted by molar-refractivity contribution is 7.92. The van der Waals surface area contributed by atoms with Crippen LogP contribution in [0.15, 0.2) is 77.8 Å². The van der Waals surface area contributed by atoms with Crippen LogP contribution in [0.25, 0.3) is 0 Å². The third-order valence-electron chi connectivity index (χ3n) is 3.92. The number of rotatable bonds is 5. The van der Waals surface area contributed by atoms with Gasteiger partial charge < -0.3 is 0 Å². The molecule has 9 heteroatoms. The van der Waals surface area contributed by atoms with Gasteiger partial charge in [-0.05, 0) is 55.5 Å². The van der Waals surface area contributed by atoms with E-state index in [2.05, 4.69) is 20.6 Å². The van der Waals surface area contributed by atoms with Crippen LogP contribution in [-0.2, 0) is 10.0 Å². The Morgan fingerprint density at radius 2 is 1.48 bits per heavy atom. The van der Waals surface area contributed by atoms with Crippen LogP contribution >= 0.6 is 0 Å². The number of aryl methyl sites for hydroxylation is 1. The Bertz CT molecular complexity index is 1110. The lowest BCUT2D eigenvalue weighted by molar-refractivity contribution is 0.0844. The molecule has 0 unspecified atom stereocenters. The van der Waals surface area contributed by atoms with Crippen molar-refractivity contribution in [2.24, 2.45) is 0 Å². The number of hydrogen-bond donors (Lipinski definition) is 3. The number of nitrogens with zero attached hydrogens (tertiary/aromatic N) is 1. The summed E-state index contributed by atoms with van der Waals surface area (Å²) in [4.78, 5) is 27.9. The van der Waals surface area contributed by atoms with Crippen molar-refractivity contribution in [2.45, 2.75) is 11.8 Å². The Morgan fingerprint density at radius 3 is 2.10 bits per heavy atom. The van der Waals surface area contributed by atoms with Crippen LogP contribution in [0.4, 0.5) is 5.69 Å². The van der Waals surface area contributed by atoms with Gasteiger partial charge in [0.25, 0.3) is 21.8 Å². The quantitative estimate of drug-likeness (QED) is 0.558. The van der Waals surface area contributed by atoms with Gasteiger partial charge in [-0.3, -0.25) is 30.1 Å². The third-order valence-corrected chi connectivity index (χ3v) is 5.31. The van der Waals surface area contributed by atoms with E-state index in [0.717, 1.165) is 5.56 Å². The number of hydrazine groups is 1. The zero-order valence-corrected chi connectivity index (χ0v) is 16.2. The number of aromatic nitrogens is 1. The fourth-order valence-electron chi connectivity index (χ4n) is 2.37. The van der Waals surface area contributed by atoms with E-state index in [9.17, 15) is 18.0 Å². The Kier molecular flexibility index (Phi) is 5.89. The van der Waals surface area contributed by atoms with Crippen molar-refractivity contribution in [2.75, 3.05) is 4.72 Å². The molecule has 8 nitrogen and oxygen atoms in total. The molecule has 0 radical (unpaired) electrons. The topological polar surface area (TPSA) is 117 Å². The normalized spacial score (nSPS) is 10.8. The van der Waals surface area contributed by atoms with Gasteiger partial charge in [0, 0.05) is 17.4 Å². The van der Waals surface area contributed by atoms with Crippen LogP contribution in [0.5, 0.6) is 0 Å². The minimum absolute atomic E-state index is 0.00662. The lowest BCUT2D eigenvalue weighted by atomic mass is 10.2. The zero-order valence-electron chi connectivity index (χ0n) is 15.4. The van der Waals surface area contributed by atoms with Crippen molar-refractivity contribution in [1.29, 1.82) is 0 Å². The van der Waals surface area contributed by atoms with E-state index in [1.165, 1.54) is 36.5 Å². The van der Waals surface area contributed by atoms with Gasteiger partial charge in [0.1, 0.15) is 5.69 Å². The largest absolute Gasteiger partial charge is 0.288 e. The number of nitrogens with one attached hydrogen (secondary N) is 3. The Balaban J connectivity index is 1.63. The average Bonchev–Trinajstić information content (AvgIpc) is 2.74. The van der Waals surface area contributed by atoms with Gasteiger partial charge >= 0.3 is 0 Å². The number of anilines is 1. The summed E-state index contributed by atoms with van der Waals surface area (Å²) in [5.41, 5.74) is 6.29. The van der Waals surface area contributed by atoms with Crippen LogP contribution in [0, 0.1) is 6.92 Å². The molecule has 0 aliphatic heterocycles. The Morgan fingerprint density at radius 1 is 0.828 bits per heavy atom. The number of carbonyl (C=O) groups is 2.